The molecule has 3 atom stereocenters. The number of amides is 1. The highest BCUT2D eigenvalue weighted by Gasteiger charge is 2.35. The van der Waals surface area contributed by atoms with Crippen molar-refractivity contribution in [2.24, 2.45) is 0 Å². The van der Waals surface area contributed by atoms with Gasteiger partial charge in [0.25, 0.3) is 0 Å². The molecular formula is C13H20N2O4S. The van der Waals surface area contributed by atoms with Crippen molar-refractivity contribution in [1.29, 1.82) is 0 Å². The van der Waals surface area contributed by atoms with Crippen LogP contribution < -0.4 is 10.6 Å². The van der Waals surface area contributed by atoms with Gasteiger partial charge in [0.1, 0.15) is 12.7 Å². The Kier molecular flexibility index (Phi) is 5.93. The number of carbonyl (C=O) groups excluding carboxylic acids is 1. The zero-order valence-corrected chi connectivity index (χ0v) is 12.2. The van der Waals surface area contributed by atoms with Crippen molar-refractivity contribution in [3.63, 3.8) is 0 Å². The predicted molar refractivity (Wildman–Crippen MR) is 75.6 cm³/mol. The Morgan fingerprint density at radius 3 is 3.20 bits per heavy atom. The van der Waals surface area contributed by atoms with E-state index in [0.717, 1.165) is 0 Å². The van der Waals surface area contributed by atoms with Crippen LogP contribution in [0.1, 0.15) is 4.88 Å². The summed E-state index contributed by atoms with van der Waals surface area (Å²) in [6, 6.07) is 3.93. The van der Waals surface area contributed by atoms with Crippen LogP contribution in [0.3, 0.4) is 0 Å². The Balaban J connectivity index is 1.71. The average molecular weight is 300 g/mol. The van der Waals surface area contributed by atoms with Crippen LogP contribution in [0.15, 0.2) is 17.5 Å². The molecule has 0 spiro atoms. The predicted octanol–water partition coefficient (Wildman–Crippen LogP) is -0.271. The van der Waals surface area contributed by atoms with E-state index < -0.39 is 6.10 Å². The molecule has 0 aliphatic carbocycles. The van der Waals surface area contributed by atoms with Gasteiger partial charge >= 0.3 is 0 Å². The molecule has 1 amide bonds. The fraction of sp³-hybridized carbons (Fsp3) is 0.615. The Bertz CT molecular complexity index is 413. The topological polar surface area (TPSA) is 79.8 Å². The smallest absolute Gasteiger partial charge is 0.246 e. The Hall–Kier alpha value is -0.990. The molecular weight excluding hydrogens is 280 g/mol. The van der Waals surface area contributed by atoms with E-state index in [2.05, 4.69) is 10.6 Å². The molecule has 2 rings (SSSR count). The number of rotatable bonds is 7. The summed E-state index contributed by atoms with van der Waals surface area (Å²) in [5, 5.41) is 18.1. The van der Waals surface area contributed by atoms with Gasteiger partial charge in [-0.25, -0.2) is 0 Å². The van der Waals surface area contributed by atoms with E-state index in [9.17, 15) is 9.90 Å². The molecule has 0 saturated carbocycles. The van der Waals surface area contributed by atoms with Crippen molar-refractivity contribution < 1.29 is 19.4 Å². The summed E-state index contributed by atoms with van der Waals surface area (Å²) in [4.78, 5) is 12.5. The van der Waals surface area contributed by atoms with Crippen LogP contribution in [-0.4, -0.2) is 56.1 Å². The summed E-state index contributed by atoms with van der Waals surface area (Å²) in [5.41, 5.74) is 0. The van der Waals surface area contributed by atoms with Crippen LogP contribution in [0.4, 0.5) is 0 Å². The molecule has 0 aromatic carbocycles. The monoisotopic (exact) mass is 300 g/mol. The minimum Gasteiger partial charge on any atom is -0.389 e. The lowest BCUT2D eigenvalue weighted by Crippen LogP contribution is -2.44. The zero-order chi connectivity index (χ0) is 14.4. The van der Waals surface area contributed by atoms with E-state index in [-0.39, 0.29) is 24.7 Å². The molecule has 3 N–H and O–H groups in total. The summed E-state index contributed by atoms with van der Waals surface area (Å²) in [5.74, 6) is -0.210. The number of aliphatic hydroxyl groups excluding tert-OH is 1. The number of hydrogen-bond acceptors (Lipinski definition) is 6. The molecule has 20 heavy (non-hydrogen) atoms. The van der Waals surface area contributed by atoms with Crippen molar-refractivity contribution >= 4 is 17.2 Å². The van der Waals surface area contributed by atoms with Crippen LogP contribution >= 0.6 is 11.3 Å². The molecule has 6 nitrogen and oxygen atoms in total. The third kappa shape index (κ3) is 4.26. The molecule has 1 aliphatic heterocycles. The molecule has 112 valence electrons. The van der Waals surface area contributed by atoms with Gasteiger partial charge in [0, 0.05) is 25.1 Å². The standard InChI is InChI=1S/C13H20N2O4S/c1-18-8-12(16)15-6-11-13(17)10(7-19-11)14-5-9-3-2-4-20-9/h2-4,10-11,13-14,17H,5-8H2,1H3,(H,15,16)/t10-,11-,13+/m1/s1. The Labute approximate surface area is 122 Å². The Morgan fingerprint density at radius 2 is 2.50 bits per heavy atom. The van der Waals surface area contributed by atoms with Gasteiger partial charge < -0.3 is 25.2 Å². The first-order chi connectivity index (χ1) is 9.70. The number of carbonyl (C=O) groups is 1. The first-order valence-electron chi connectivity index (χ1n) is 6.51. The number of methoxy groups -OCH3 is 1. The quantitative estimate of drug-likeness (QED) is 0.646. The molecule has 1 aromatic rings. The second kappa shape index (κ2) is 7.70. The lowest BCUT2D eigenvalue weighted by atomic mass is 10.1. The van der Waals surface area contributed by atoms with Crippen molar-refractivity contribution in [2.45, 2.75) is 24.8 Å². The van der Waals surface area contributed by atoms with Crippen LogP contribution in [0.25, 0.3) is 0 Å². The largest absolute Gasteiger partial charge is 0.389 e. The third-order valence-electron chi connectivity index (χ3n) is 3.18. The maximum atomic E-state index is 11.3. The molecule has 2 heterocycles. The first-order valence-corrected chi connectivity index (χ1v) is 7.39. The van der Waals surface area contributed by atoms with Gasteiger partial charge in [0.15, 0.2) is 0 Å². The third-order valence-corrected chi connectivity index (χ3v) is 4.05. The van der Waals surface area contributed by atoms with E-state index in [1.807, 2.05) is 17.5 Å². The van der Waals surface area contributed by atoms with E-state index in [1.54, 1.807) is 11.3 Å². The molecule has 0 unspecified atom stereocenters. The van der Waals surface area contributed by atoms with Crippen LogP contribution in [0, 0.1) is 0 Å². The van der Waals surface area contributed by atoms with Gasteiger partial charge in [-0.05, 0) is 11.4 Å². The highest BCUT2D eigenvalue weighted by atomic mass is 32.1. The average Bonchev–Trinajstić information content (AvgIpc) is 3.05. The van der Waals surface area contributed by atoms with Crippen LogP contribution in [0.5, 0.6) is 0 Å². The van der Waals surface area contributed by atoms with Crippen molar-refractivity contribution in [1.82, 2.24) is 10.6 Å². The van der Waals surface area contributed by atoms with E-state index in [1.165, 1.54) is 12.0 Å². The normalized spacial score (nSPS) is 25.8. The maximum Gasteiger partial charge on any atom is 0.246 e. The molecule has 1 aromatic heterocycles. The maximum absolute atomic E-state index is 11.3. The van der Waals surface area contributed by atoms with Crippen LogP contribution in [-0.2, 0) is 20.8 Å². The summed E-state index contributed by atoms with van der Waals surface area (Å²) >= 11 is 1.67. The van der Waals surface area contributed by atoms with Crippen molar-refractivity contribution in [3.05, 3.63) is 22.4 Å². The second-order valence-electron chi connectivity index (χ2n) is 4.67. The summed E-state index contributed by atoms with van der Waals surface area (Å²) < 4.78 is 10.2. The van der Waals surface area contributed by atoms with E-state index in [0.29, 0.717) is 19.7 Å². The van der Waals surface area contributed by atoms with Gasteiger partial charge in [-0.2, -0.15) is 0 Å². The zero-order valence-electron chi connectivity index (χ0n) is 11.4. The fourth-order valence-corrected chi connectivity index (χ4v) is 2.74. The molecule has 1 aliphatic rings. The van der Waals surface area contributed by atoms with Gasteiger partial charge in [-0.15, -0.1) is 11.3 Å². The Morgan fingerprint density at radius 1 is 1.65 bits per heavy atom. The van der Waals surface area contributed by atoms with Gasteiger partial charge in [0.05, 0.1) is 18.8 Å². The summed E-state index contributed by atoms with van der Waals surface area (Å²) in [6.45, 7) is 1.46. The lowest BCUT2D eigenvalue weighted by Gasteiger charge is -2.18. The van der Waals surface area contributed by atoms with Crippen molar-refractivity contribution in [3.8, 4) is 0 Å². The number of hydrogen-bond donors (Lipinski definition) is 3. The number of thiophene rings is 1. The molecule has 1 fully saturated rings. The number of aliphatic hydroxyl groups is 1. The highest BCUT2D eigenvalue weighted by molar-refractivity contribution is 7.09. The minimum absolute atomic E-state index is 0.0167. The molecule has 7 heteroatoms. The van der Waals surface area contributed by atoms with E-state index >= 15 is 0 Å². The summed E-state index contributed by atoms with van der Waals surface area (Å²) in [6.07, 6.45) is -1.01. The molecule has 1 saturated heterocycles. The minimum atomic E-state index is -0.627. The first kappa shape index (κ1) is 15.4. The lowest BCUT2D eigenvalue weighted by molar-refractivity contribution is -0.125. The highest BCUT2D eigenvalue weighted by Crippen LogP contribution is 2.15. The van der Waals surface area contributed by atoms with Gasteiger partial charge in [-0.1, -0.05) is 6.07 Å². The molecule has 0 bridgehead atoms. The fourth-order valence-electron chi connectivity index (χ4n) is 2.08. The number of ether oxygens (including phenoxy) is 2. The van der Waals surface area contributed by atoms with Crippen molar-refractivity contribution in [2.75, 3.05) is 26.9 Å². The van der Waals surface area contributed by atoms with E-state index in [4.69, 9.17) is 9.47 Å². The second-order valence-corrected chi connectivity index (χ2v) is 5.70. The SMILES string of the molecule is COCC(=O)NC[C@H]1OC[C@@H](NCc2cccs2)[C@@H]1O. The number of nitrogens with one attached hydrogen (secondary N) is 2. The van der Waals surface area contributed by atoms with Gasteiger partial charge in [-0.3, -0.25) is 4.79 Å². The molecule has 0 radical (unpaired) electrons. The van der Waals surface area contributed by atoms with Gasteiger partial charge in [0.2, 0.25) is 5.91 Å². The van der Waals surface area contributed by atoms with Crippen LogP contribution in [0.2, 0.25) is 0 Å². The summed E-state index contributed by atoms with van der Waals surface area (Å²) in [7, 11) is 1.46.